The van der Waals surface area contributed by atoms with E-state index in [2.05, 4.69) is 5.32 Å². The van der Waals surface area contributed by atoms with Crippen molar-refractivity contribution in [2.45, 2.75) is 18.9 Å². The summed E-state index contributed by atoms with van der Waals surface area (Å²) in [7, 11) is 0. The molecule has 3 heterocycles. The standard InChI is InChI=1S/C19H15N3O5/c23-11-4-1-2-9-21(10-11)13-6-3-5-12-16(13)19(27)22(18(12)26)14-7-8-15(24)20-17(14)25/h1-6,9,14H,7-8,10H2,(H,20,24,25). The molecule has 4 rings (SSSR count). The van der Waals surface area contributed by atoms with Crippen LogP contribution in [0.5, 0.6) is 0 Å². The van der Waals surface area contributed by atoms with E-state index in [1.807, 2.05) is 0 Å². The van der Waals surface area contributed by atoms with Crippen LogP contribution in [0.3, 0.4) is 0 Å². The van der Waals surface area contributed by atoms with E-state index in [9.17, 15) is 24.0 Å². The molecule has 3 aliphatic rings. The Bertz CT molecular complexity index is 962. The first kappa shape index (κ1) is 16.9. The largest absolute Gasteiger partial charge is 0.340 e. The molecule has 1 N–H and O–H groups in total. The number of carbonyl (C=O) groups is 5. The Kier molecular flexibility index (Phi) is 3.95. The number of ketones is 1. The van der Waals surface area contributed by atoms with E-state index in [1.54, 1.807) is 35.4 Å². The maximum Gasteiger partial charge on any atom is 0.264 e. The fourth-order valence-corrected chi connectivity index (χ4v) is 3.49. The SMILES string of the molecule is O=C1C=CC=CN(c2cccc3c2C(=O)N(C2CCC(=O)NC2=O)C3=O)C1. The summed E-state index contributed by atoms with van der Waals surface area (Å²) >= 11 is 0. The number of piperidine rings is 1. The van der Waals surface area contributed by atoms with Crippen LogP contribution >= 0.6 is 0 Å². The van der Waals surface area contributed by atoms with Crippen molar-refractivity contribution < 1.29 is 24.0 Å². The summed E-state index contributed by atoms with van der Waals surface area (Å²) < 4.78 is 0. The Labute approximate surface area is 154 Å². The molecule has 0 radical (unpaired) electrons. The highest BCUT2D eigenvalue weighted by atomic mass is 16.2. The Hall–Kier alpha value is -3.55. The number of hydrogen-bond donors (Lipinski definition) is 1. The number of fused-ring (bicyclic) bond motifs is 1. The number of rotatable bonds is 2. The second-order valence-electron chi connectivity index (χ2n) is 6.44. The van der Waals surface area contributed by atoms with Gasteiger partial charge in [0.1, 0.15) is 6.04 Å². The number of nitrogens with zero attached hydrogens (tertiary/aromatic N) is 2. The number of carbonyl (C=O) groups excluding carboxylic acids is 5. The van der Waals surface area contributed by atoms with Crippen LogP contribution in [-0.4, -0.2) is 46.9 Å². The van der Waals surface area contributed by atoms with Crippen molar-refractivity contribution in [2.75, 3.05) is 11.4 Å². The van der Waals surface area contributed by atoms with Gasteiger partial charge in [-0.25, -0.2) is 0 Å². The fraction of sp³-hybridized carbons (Fsp3) is 0.211. The predicted octanol–water partition coefficient (Wildman–Crippen LogP) is 0.547. The lowest BCUT2D eigenvalue weighted by atomic mass is 10.0. The van der Waals surface area contributed by atoms with Gasteiger partial charge < -0.3 is 4.90 Å². The zero-order chi connectivity index (χ0) is 19.1. The number of nitrogens with one attached hydrogen (secondary N) is 1. The second-order valence-corrected chi connectivity index (χ2v) is 6.44. The normalized spacial score (nSPS) is 22.2. The second kappa shape index (κ2) is 6.31. The molecule has 1 fully saturated rings. The Morgan fingerprint density at radius 2 is 1.81 bits per heavy atom. The smallest absolute Gasteiger partial charge is 0.264 e. The van der Waals surface area contributed by atoms with Crippen molar-refractivity contribution in [2.24, 2.45) is 0 Å². The van der Waals surface area contributed by atoms with Crippen LogP contribution in [-0.2, 0) is 14.4 Å². The molecule has 8 nitrogen and oxygen atoms in total. The molecule has 1 saturated heterocycles. The number of benzene rings is 1. The van der Waals surface area contributed by atoms with Gasteiger partial charge in [0.05, 0.1) is 23.4 Å². The third-order valence-corrected chi connectivity index (χ3v) is 4.74. The number of hydrogen-bond acceptors (Lipinski definition) is 6. The summed E-state index contributed by atoms with van der Waals surface area (Å²) in [5.74, 6) is -2.39. The van der Waals surface area contributed by atoms with Crippen molar-refractivity contribution in [1.82, 2.24) is 10.2 Å². The maximum atomic E-state index is 13.1. The van der Waals surface area contributed by atoms with Gasteiger partial charge in [0, 0.05) is 12.6 Å². The van der Waals surface area contributed by atoms with Crippen molar-refractivity contribution in [3.63, 3.8) is 0 Å². The van der Waals surface area contributed by atoms with E-state index in [0.29, 0.717) is 5.69 Å². The topological polar surface area (TPSA) is 104 Å². The van der Waals surface area contributed by atoms with E-state index in [-0.39, 0.29) is 36.3 Å². The summed E-state index contributed by atoms with van der Waals surface area (Å²) in [6.45, 7) is 0.0311. The summed E-state index contributed by atoms with van der Waals surface area (Å²) in [4.78, 5) is 63.8. The summed E-state index contributed by atoms with van der Waals surface area (Å²) in [5, 5.41) is 2.17. The van der Waals surface area contributed by atoms with Crippen LogP contribution < -0.4 is 10.2 Å². The molecule has 27 heavy (non-hydrogen) atoms. The van der Waals surface area contributed by atoms with Crippen LogP contribution in [0, 0.1) is 0 Å². The molecule has 0 bridgehead atoms. The molecule has 1 aromatic rings. The number of amides is 4. The number of anilines is 1. The average molecular weight is 365 g/mol. The molecule has 1 atom stereocenters. The van der Waals surface area contributed by atoms with Gasteiger partial charge in [-0.1, -0.05) is 12.1 Å². The minimum absolute atomic E-state index is 0.0311. The van der Waals surface area contributed by atoms with Gasteiger partial charge in [0.25, 0.3) is 11.8 Å². The van der Waals surface area contributed by atoms with E-state index < -0.39 is 29.7 Å². The van der Waals surface area contributed by atoms with Crippen molar-refractivity contribution in [1.29, 1.82) is 0 Å². The molecule has 8 heteroatoms. The minimum Gasteiger partial charge on any atom is -0.340 e. The average Bonchev–Trinajstić information content (AvgIpc) is 2.78. The van der Waals surface area contributed by atoms with Crippen LogP contribution in [0.4, 0.5) is 5.69 Å². The molecule has 0 aliphatic carbocycles. The zero-order valence-corrected chi connectivity index (χ0v) is 14.2. The first-order valence-electron chi connectivity index (χ1n) is 8.46. The van der Waals surface area contributed by atoms with Crippen molar-refractivity contribution in [3.8, 4) is 0 Å². The van der Waals surface area contributed by atoms with E-state index in [1.165, 1.54) is 12.1 Å². The molecule has 0 saturated carbocycles. The van der Waals surface area contributed by atoms with Crippen molar-refractivity contribution in [3.05, 3.63) is 53.8 Å². The van der Waals surface area contributed by atoms with E-state index >= 15 is 0 Å². The quantitative estimate of drug-likeness (QED) is 0.768. The molecule has 0 aromatic heterocycles. The lowest BCUT2D eigenvalue weighted by Gasteiger charge is -2.28. The van der Waals surface area contributed by atoms with Crippen LogP contribution in [0.2, 0.25) is 0 Å². The summed E-state index contributed by atoms with van der Waals surface area (Å²) in [6, 6.07) is 3.78. The summed E-state index contributed by atoms with van der Waals surface area (Å²) in [5.41, 5.74) is 0.765. The third kappa shape index (κ3) is 2.75. The first-order chi connectivity index (χ1) is 13.0. The Morgan fingerprint density at radius 1 is 1.00 bits per heavy atom. The van der Waals surface area contributed by atoms with Gasteiger partial charge in [-0.15, -0.1) is 0 Å². The summed E-state index contributed by atoms with van der Waals surface area (Å²) in [6.07, 6.45) is 6.52. The molecule has 1 aromatic carbocycles. The van der Waals surface area contributed by atoms with Gasteiger partial charge in [0.2, 0.25) is 11.8 Å². The third-order valence-electron chi connectivity index (χ3n) is 4.74. The molecular weight excluding hydrogens is 350 g/mol. The van der Waals surface area contributed by atoms with Crippen molar-refractivity contribution >= 4 is 35.1 Å². The van der Waals surface area contributed by atoms with Crippen LogP contribution in [0.25, 0.3) is 0 Å². The highest BCUT2D eigenvalue weighted by molar-refractivity contribution is 6.25. The molecule has 3 aliphatic heterocycles. The Balaban J connectivity index is 1.73. The molecule has 136 valence electrons. The predicted molar refractivity (Wildman–Crippen MR) is 93.7 cm³/mol. The zero-order valence-electron chi connectivity index (χ0n) is 14.2. The minimum atomic E-state index is -1.02. The van der Waals surface area contributed by atoms with Gasteiger partial charge in [-0.2, -0.15) is 0 Å². The van der Waals surface area contributed by atoms with Gasteiger partial charge in [0.15, 0.2) is 5.78 Å². The Morgan fingerprint density at radius 3 is 2.59 bits per heavy atom. The maximum absolute atomic E-state index is 13.1. The van der Waals surface area contributed by atoms with Gasteiger partial charge in [-0.3, -0.25) is 34.2 Å². The molecule has 1 unspecified atom stereocenters. The van der Waals surface area contributed by atoms with Gasteiger partial charge in [-0.05, 0) is 30.7 Å². The fourth-order valence-electron chi connectivity index (χ4n) is 3.49. The van der Waals surface area contributed by atoms with E-state index in [4.69, 9.17) is 0 Å². The first-order valence-corrected chi connectivity index (χ1v) is 8.46. The number of imide groups is 2. The van der Waals surface area contributed by atoms with Crippen LogP contribution in [0.15, 0.2) is 42.6 Å². The monoisotopic (exact) mass is 365 g/mol. The number of allylic oxidation sites excluding steroid dienone is 2. The lowest BCUT2D eigenvalue weighted by Crippen LogP contribution is -2.54. The lowest BCUT2D eigenvalue weighted by molar-refractivity contribution is -0.136. The molecular formula is C19H15N3O5. The van der Waals surface area contributed by atoms with Crippen LogP contribution in [0.1, 0.15) is 33.6 Å². The van der Waals surface area contributed by atoms with E-state index in [0.717, 1.165) is 4.90 Å². The highest BCUT2D eigenvalue weighted by Gasteiger charge is 2.46. The highest BCUT2D eigenvalue weighted by Crippen LogP contribution is 2.34. The molecule has 4 amide bonds. The molecule has 0 spiro atoms. The van der Waals surface area contributed by atoms with Gasteiger partial charge >= 0.3 is 0 Å².